The van der Waals surface area contributed by atoms with Crippen LogP contribution in [0.1, 0.15) is 39.6 Å². The van der Waals surface area contributed by atoms with Gasteiger partial charge in [0.1, 0.15) is 11.3 Å². The van der Waals surface area contributed by atoms with E-state index in [1.54, 1.807) is 60.7 Å². The lowest BCUT2D eigenvalue weighted by Crippen LogP contribution is -2.13. The van der Waals surface area contributed by atoms with Crippen LogP contribution < -0.4 is 10.7 Å². The van der Waals surface area contributed by atoms with E-state index in [9.17, 15) is 14.4 Å². The van der Waals surface area contributed by atoms with Crippen LogP contribution in [-0.2, 0) is 4.74 Å². The quantitative estimate of drug-likeness (QED) is 0.394. The number of ether oxygens (including phenoxy) is 1. The van der Waals surface area contributed by atoms with Gasteiger partial charge >= 0.3 is 5.97 Å². The van der Waals surface area contributed by atoms with Gasteiger partial charge in [0.15, 0.2) is 5.43 Å². The Morgan fingerprint density at radius 1 is 0.939 bits per heavy atom. The Morgan fingerprint density at radius 2 is 1.73 bits per heavy atom. The zero-order valence-electron chi connectivity index (χ0n) is 18.4. The summed E-state index contributed by atoms with van der Waals surface area (Å²) >= 11 is 0. The highest BCUT2D eigenvalue weighted by molar-refractivity contribution is 6.05. The molecule has 1 amide bonds. The number of hydrogen-bond acceptors (Lipinski definition) is 5. The second-order valence-electron chi connectivity index (χ2n) is 7.72. The van der Waals surface area contributed by atoms with Crippen LogP contribution in [0.15, 0.2) is 82.0 Å². The number of benzene rings is 3. The zero-order valence-corrected chi connectivity index (χ0v) is 18.4. The maximum absolute atomic E-state index is 12.7. The van der Waals surface area contributed by atoms with Crippen LogP contribution in [0.3, 0.4) is 0 Å². The first-order valence-electron chi connectivity index (χ1n) is 10.7. The highest BCUT2D eigenvalue weighted by atomic mass is 16.5. The van der Waals surface area contributed by atoms with E-state index >= 15 is 0 Å². The predicted octanol–water partition coefficient (Wildman–Crippen LogP) is 5.59. The molecule has 4 aromatic rings. The molecule has 0 unspecified atom stereocenters. The van der Waals surface area contributed by atoms with Gasteiger partial charge in [-0.25, -0.2) is 4.79 Å². The summed E-state index contributed by atoms with van der Waals surface area (Å²) < 4.78 is 11.0. The number of fused-ring (bicyclic) bond motifs is 1. The van der Waals surface area contributed by atoms with E-state index in [-0.39, 0.29) is 11.3 Å². The third kappa shape index (κ3) is 5.01. The van der Waals surface area contributed by atoms with Crippen molar-refractivity contribution in [3.8, 4) is 11.3 Å². The minimum atomic E-state index is -0.427. The molecule has 0 aliphatic carbocycles. The van der Waals surface area contributed by atoms with E-state index in [2.05, 4.69) is 5.32 Å². The number of hydrogen-bond donors (Lipinski definition) is 1. The molecule has 33 heavy (non-hydrogen) atoms. The van der Waals surface area contributed by atoms with E-state index in [1.807, 2.05) is 19.9 Å². The second-order valence-corrected chi connectivity index (χ2v) is 7.72. The Balaban J connectivity index is 1.51. The van der Waals surface area contributed by atoms with Crippen LogP contribution in [0, 0.1) is 6.92 Å². The van der Waals surface area contributed by atoms with E-state index < -0.39 is 5.97 Å². The van der Waals surface area contributed by atoms with Gasteiger partial charge in [-0.15, -0.1) is 0 Å². The Labute approximate surface area is 190 Å². The van der Waals surface area contributed by atoms with Gasteiger partial charge in [-0.2, -0.15) is 0 Å². The second kappa shape index (κ2) is 9.53. The van der Waals surface area contributed by atoms with Gasteiger partial charge in [-0.3, -0.25) is 9.59 Å². The fourth-order valence-corrected chi connectivity index (χ4v) is 3.40. The van der Waals surface area contributed by atoms with Crippen LogP contribution in [-0.4, -0.2) is 18.5 Å². The van der Waals surface area contributed by atoms with Gasteiger partial charge in [-0.1, -0.05) is 36.8 Å². The number of anilines is 1. The molecule has 0 saturated carbocycles. The molecule has 0 aliphatic heterocycles. The predicted molar refractivity (Wildman–Crippen MR) is 128 cm³/mol. The number of carbonyl (C=O) groups excluding carboxylic acids is 2. The molecule has 4 rings (SSSR count). The summed E-state index contributed by atoms with van der Waals surface area (Å²) in [6.45, 7) is 4.19. The number of esters is 1. The van der Waals surface area contributed by atoms with Crippen molar-refractivity contribution in [3.63, 3.8) is 0 Å². The van der Waals surface area contributed by atoms with Crippen LogP contribution >= 0.6 is 0 Å². The Kier molecular flexibility index (Phi) is 6.36. The van der Waals surface area contributed by atoms with E-state index in [1.165, 1.54) is 6.07 Å². The maximum Gasteiger partial charge on any atom is 0.338 e. The molecule has 0 bridgehead atoms. The van der Waals surface area contributed by atoms with Crippen molar-refractivity contribution in [1.82, 2.24) is 0 Å². The third-order valence-electron chi connectivity index (χ3n) is 5.11. The van der Waals surface area contributed by atoms with E-state index in [4.69, 9.17) is 9.15 Å². The molecular formula is C27H23NO5. The molecule has 1 N–H and O–H groups in total. The number of nitrogens with one attached hydrogen (secondary N) is 1. The molecular weight excluding hydrogens is 418 g/mol. The molecule has 6 heteroatoms. The van der Waals surface area contributed by atoms with Crippen molar-refractivity contribution in [1.29, 1.82) is 0 Å². The Morgan fingerprint density at radius 3 is 2.48 bits per heavy atom. The molecule has 0 atom stereocenters. The topological polar surface area (TPSA) is 85.6 Å². The molecule has 0 fully saturated rings. The van der Waals surface area contributed by atoms with Crippen molar-refractivity contribution in [3.05, 3.63) is 99.7 Å². The number of rotatable bonds is 6. The maximum atomic E-state index is 12.7. The van der Waals surface area contributed by atoms with Gasteiger partial charge in [0.25, 0.3) is 5.91 Å². The van der Waals surface area contributed by atoms with Gasteiger partial charge in [0, 0.05) is 22.9 Å². The average Bonchev–Trinajstić information content (AvgIpc) is 2.83. The minimum Gasteiger partial charge on any atom is -0.462 e. The molecule has 0 radical (unpaired) electrons. The molecule has 1 heterocycles. The molecule has 3 aromatic carbocycles. The van der Waals surface area contributed by atoms with Gasteiger partial charge in [-0.05, 0) is 55.8 Å². The van der Waals surface area contributed by atoms with Gasteiger partial charge in [0.2, 0.25) is 0 Å². The highest BCUT2D eigenvalue weighted by Gasteiger charge is 2.12. The Hall–Kier alpha value is -4.19. The van der Waals surface area contributed by atoms with Crippen LogP contribution in [0.2, 0.25) is 0 Å². The standard InChI is InChI=1S/C27H23NO5/c1-3-13-32-27(31)20-5-4-6-21(15-20)28-26(30)19-10-8-18(9-11-19)25-16-23(29)22-14-17(2)7-12-24(22)33-25/h4-12,14-16H,3,13H2,1-2H3,(H,28,30). The molecule has 0 aliphatic rings. The summed E-state index contributed by atoms with van der Waals surface area (Å²) in [5, 5.41) is 3.32. The number of amides is 1. The fraction of sp³-hybridized carbons (Fsp3) is 0.148. The first-order valence-corrected chi connectivity index (χ1v) is 10.7. The minimum absolute atomic E-state index is 0.117. The molecule has 0 saturated heterocycles. The van der Waals surface area contributed by atoms with Crippen LogP contribution in [0.25, 0.3) is 22.3 Å². The highest BCUT2D eigenvalue weighted by Crippen LogP contribution is 2.23. The fourth-order valence-electron chi connectivity index (χ4n) is 3.40. The summed E-state index contributed by atoms with van der Waals surface area (Å²) in [6, 6.07) is 20.3. The lowest BCUT2D eigenvalue weighted by Gasteiger charge is -2.09. The van der Waals surface area contributed by atoms with Crippen molar-refractivity contribution in [2.75, 3.05) is 11.9 Å². The SMILES string of the molecule is CCCOC(=O)c1cccc(NC(=O)c2ccc(-c3cc(=O)c4cc(C)ccc4o3)cc2)c1. The summed E-state index contributed by atoms with van der Waals surface area (Å²) in [7, 11) is 0. The van der Waals surface area contributed by atoms with Crippen molar-refractivity contribution in [2.45, 2.75) is 20.3 Å². The first-order chi connectivity index (χ1) is 15.9. The molecule has 166 valence electrons. The summed E-state index contributed by atoms with van der Waals surface area (Å²) in [5.41, 5.74) is 3.37. The van der Waals surface area contributed by atoms with Gasteiger partial charge < -0.3 is 14.5 Å². The van der Waals surface area contributed by atoms with Crippen LogP contribution in [0.4, 0.5) is 5.69 Å². The lowest BCUT2D eigenvalue weighted by molar-refractivity contribution is 0.0505. The van der Waals surface area contributed by atoms with Gasteiger partial charge in [0.05, 0.1) is 17.6 Å². The van der Waals surface area contributed by atoms with Crippen molar-refractivity contribution >= 4 is 28.5 Å². The smallest absolute Gasteiger partial charge is 0.338 e. The molecule has 1 aromatic heterocycles. The third-order valence-corrected chi connectivity index (χ3v) is 5.11. The zero-order chi connectivity index (χ0) is 23.4. The van der Waals surface area contributed by atoms with E-state index in [0.717, 1.165) is 12.0 Å². The Bertz CT molecular complexity index is 1390. The first kappa shape index (κ1) is 22.0. The summed E-state index contributed by atoms with van der Waals surface area (Å²) in [4.78, 5) is 37.2. The van der Waals surface area contributed by atoms with Crippen molar-refractivity contribution < 1.29 is 18.7 Å². The molecule has 6 nitrogen and oxygen atoms in total. The normalized spacial score (nSPS) is 10.7. The number of carbonyl (C=O) groups is 2. The van der Waals surface area contributed by atoms with Crippen molar-refractivity contribution in [2.24, 2.45) is 0 Å². The monoisotopic (exact) mass is 441 g/mol. The lowest BCUT2D eigenvalue weighted by atomic mass is 10.1. The molecule has 0 spiro atoms. The van der Waals surface area contributed by atoms with Crippen LogP contribution in [0.5, 0.6) is 0 Å². The number of aryl methyl sites for hydroxylation is 1. The summed E-state index contributed by atoms with van der Waals surface area (Å²) in [6.07, 6.45) is 0.737. The average molecular weight is 441 g/mol. The van der Waals surface area contributed by atoms with E-state index in [0.29, 0.717) is 45.7 Å². The summed E-state index contributed by atoms with van der Waals surface area (Å²) in [5.74, 6) is -0.318. The largest absolute Gasteiger partial charge is 0.462 e.